The number of hydrogen-bond acceptors (Lipinski definition) is 5. The fourth-order valence-electron chi connectivity index (χ4n) is 3.13. The first-order valence-electron chi connectivity index (χ1n) is 8.81. The monoisotopic (exact) mass is 398 g/mol. The van der Waals surface area contributed by atoms with Crippen molar-refractivity contribution >= 4 is 41.7 Å². The van der Waals surface area contributed by atoms with E-state index in [1.54, 1.807) is 0 Å². The molecule has 2 atom stereocenters. The van der Waals surface area contributed by atoms with Gasteiger partial charge in [-0.15, -0.1) is 11.3 Å². The summed E-state index contributed by atoms with van der Waals surface area (Å²) in [7, 11) is 0. The highest BCUT2D eigenvalue weighted by Gasteiger charge is 2.44. The zero-order chi connectivity index (χ0) is 19.3. The van der Waals surface area contributed by atoms with Crippen LogP contribution in [0, 0.1) is 5.92 Å². The molecule has 0 bridgehead atoms. The van der Waals surface area contributed by atoms with Gasteiger partial charge in [0.1, 0.15) is 11.6 Å². The van der Waals surface area contributed by atoms with E-state index in [2.05, 4.69) is 23.3 Å². The summed E-state index contributed by atoms with van der Waals surface area (Å²) < 4.78 is 0. The van der Waals surface area contributed by atoms with Gasteiger partial charge in [-0.05, 0) is 30.2 Å². The normalized spacial score (nSPS) is 18.3. The van der Waals surface area contributed by atoms with E-state index < -0.39 is 28.7 Å². The number of nitrogens with one attached hydrogen (secondary N) is 2. The molecule has 1 aliphatic carbocycles. The van der Waals surface area contributed by atoms with Gasteiger partial charge in [0.25, 0.3) is 0 Å². The lowest BCUT2D eigenvalue weighted by atomic mass is 9.94. The van der Waals surface area contributed by atoms with Gasteiger partial charge in [-0.3, -0.25) is 9.59 Å². The molecule has 26 heavy (non-hydrogen) atoms. The van der Waals surface area contributed by atoms with Crippen LogP contribution in [0.3, 0.4) is 0 Å². The van der Waals surface area contributed by atoms with Crippen LogP contribution in [0.4, 0.5) is 0 Å². The van der Waals surface area contributed by atoms with Crippen molar-refractivity contribution in [2.75, 3.05) is 0 Å². The van der Waals surface area contributed by atoms with Gasteiger partial charge in [-0.25, -0.2) is 4.79 Å². The first-order chi connectivity index (χ1) is 12.2. The molecule has 1 saturated carbocycles. The zero-order valence-corrected chi connectivity index (χ0v) is 16.7. The van der Waals surface area contributed by atoms with Crippen LogP contribution >= 0.6 is 24.0 Å². The Labute approximate surface area is 163 Å². The van der Waals surface area contributed by atoms with E-state index in [1.165, 1.54) is 11.3 Å². The van der Waals surface area contributed by atoms with Gasteiger partial charge in [0, 0.05) is 11.3 Å². The van der Waals surface area contributed by atoms with Crippen molar-refractivity contribution in [3.63, 3.8) is 0 Å². The van der Waals surface area contributed by atoms with Crippen molar-refractivity contribution in [1.29, 1.82) is 0 Å². The minimum Gasteiger partial charge on any atom is -0.480 e. The average molecular weight is 399 g/mol. The predicted octanol–water partition coefficient (Wildman–Crippen LogP) is 2.24. The Balaban J connectivity index is 2.11. The minimum absolute atomic E-state index is 0.0328. The van der Waals surface area contributed by atoms with Gasteiger partial charge in [0.05, 0.1) is 5.25 Å². The smallest absolute Gasteiger partial charge is 0.326 e. The molecular formula is C18H26N2O4S2. The summed E-state index contributed by atoms with van der Waals surface area (Å²) in [6, 6.07) is 2.67. The molecule has 144 valence electrons. The molecule has 0 spiro atoms. The third kappa shape index (κ3) is 5.01. The molecule has 1 fully saturated rings. The molecule has 1 aromatic rings. The number of aliphatic carboxylic acids is 1. The molecule has 0 radical (unpaired) electrons. The number of rotatable bonds is 8. The van der Waals surface area contributed by atoms with Crippen LogP contribution in [0.25, 0.3) is 0 Å². The summed E-state index contributed by atoms with van der Waals surface area (Å²) in [6.45, 7) is 3.78. The SMILES string of the molecule is CC(C)C(S)C(=O)NC1(C(=O)NC(Cc2cccs2)C(=O)O)CCCC1. The van der Waals surface area contributed by atoms with Gasteiger partial charge >= 0.3 is 5.97 Å². The molecule has 0 aromatic carbocycles. The van der Waals surface area contributed by atoms with Gasteiger partial charge in [-0.2, -0.15) is 12.6 Å². The van der Waals surface area contributed by atoms with E-state index in [1.807, 2.05) is 31.4 Å². The largest absolute Gasteiger partial charge is 0.480 e. The van der Waals surface area contributed by atoms with Gasteiger partial charge < -0.3 is 15.7 Å². The maximum Gasteiger partial charge on any atom is 0.326 e. The van der Waals surface area contributed by atoms with Crippen molar-refractivity contribution in [1.82, 2.24) is 10.6 Å². The molecule has 1 heterocycles. The molecule has 1 aromatic heterocycles. The van der Waals surface area contributed by atoms with Gasteiger partial charge in [0.15, 0.2) is 0 Å². The Morgan fingerprint density at radius 2 is 1.96 bits per heavy atom. The van der Waals surface area contributed by atoms with E-state index >= 15 is 0 Å². The lowest BCUT2D eigenvalue weighted by Gasteiger charge is -2.32. The fourth-order valence-corrected chi connectivity index (χ4v) is 3.94. The Morgan fingerprint density at radius 1 is 1.31 bits per heavy atom. The maximum absolute atomic E-state index is 12.9. The van der Waals surface area contributed by atoms with E-state index in [0.29, 0.717) is 12.8 Å². The van der Waals surface area contributed by atoms with E-state index in [-0.39, 0.29) is 18.2 Å². The van der Waals surface area contributed by atoms with Crippen LogP contribution in [0.2, 0.25) is 0 Å². The summed E-state index contributed by atoms with van der Waals surface area (Å²) >= 11 is 5.77. The molecule has 2 rings (SSSR count). The number of carbonyl (C=O) groups excluding carboxylic acids is 2. The highest BCUT2D eigenvalue weighted by atomic mass is 32.1. The van der Waals surface area contributed by atoms with Crippen molar-refractivity contribution in [2.24, 2.45) is 5.92 Å². The predicted molar refractivity (Wildman–Crippen MR) is 105 cm³/mol. The minimum atomic E-state index is -1.08. The second-order valence-corrected chi connectivity index (χ2v) is 8.70. The first-order valence-corrected chi connectivity index (χ1v) is 10.2. The number of hydrogen-bond donors (Lipinski definition) is 4. The van der Waals surface area contributed by atoms with Gasteiger partial charge in [-0.1, -0.05) is 32.8 Å². The number of carboxylic acids is 1. The Hall–Kier alpha value is -1.54. The summed E-state index contributed by atoms with van der Waals surface area (Å²) in [4.78, 5) is 37.8. The van der Waals surface area contributed by atoms with Crippen molar-refractivity contribution in [2.45, 2.75) is 62.8 Å². The Kier molecular flexibility index (Phi) is 7.11. The quantitative estimate of drug-likeness (QED) is 0.505. The highest BCUT2D eigenvalue weighted by Crippen LogP contribution is 2.31. The number of amides is 2. The third-order valence-corrected chi connectivity index (χ3v) is 6.47. The average Bonchev–Trinajstić information content (AvgIpc) is 3.25. The maximum atomic E-state index is 12.9. The van der Waals surface area contributed by atoms with Crippen LogP contribution < -0.4 is 10.6 Å². The van der Waals surface area contributed by atoms with Crippen molar-refractivity contribution in [3.8, 4) is 0 Å². The summed E-state index contributed by atoms with van der Waals surface area (Å²) in [5, 5.41) is 16.3. The van der Waals surface area contributed by atoms with Crippen LogP contribution in [-0.2, 0) is 20.8 Å². The highest BCUT2D eigenvalue weighted by molar-refractivity contribution is 7.81. The Bertz CT molecular complexity index is 640. The Morgan fingerprint density at radius 3 is 2.46 bits per heavy atom. The number of carbonyl (C=O) groups is 3. The van der Waals surface area contributed by atoms with E-state index in [0.717, 1.165) is 17.7 Å². The molecule has 2 unspecified atom stereocenters. The second kappa shape index (κ2) is 8.90. The van der Waals surface area contributed by atoms with Crippen LogP contribution in [0.1, 0.15) is 44.4 Å². The summed E-state index contributed by atoms with van der Waals surface area (Å²) in [6.07, 6.45) is 2.87. The molecule has 6 nitrogen and oxygen atoms in total. The van der Waals surface area contributed by atoms with E-state index in [4.69, 9.17) is 0 Å². The fraction of sp³-hybridized carbons (Fsp3) is 0.611. The summed E-state index contributed by atoms with van der Waals surface area (Å²) in [5.74, 6) is -1.76. The third-order valence-electron chi connectivity index (χ3n) is 4.74. The lowest BCUT2D eigenvalue weighted by Crippen LogP contribution is -2.61. The molecule has 2 amide bonds. The van der Waals surface area contributed by atoms with Crippen molar-refractivity contribution in [3.05, 3.63) is 22.4 Å². The first kappa shape index (κ1) is 20.8. The standard InChI is InChI=1S/C18H26N2O4S2/c1-11(2)14(25)15(21)20-18(7-3-4-8-18)17(24)19-13(16(22)23)10-12-6-5-9-26-12/h5-6,9,11,13-14,25H,3-4,7-8,10H2,1-2H3,(H,19,24)(H,20,21)(H,22,23). The molecular weight excluding hydrogens is 372 g/mol. The zero-order valence-electron chi connectivity index (χ0n) is 15.0. The van der Waals surface area contributed by atoms with Crippen LogP contribution in [0.15, 0.2) is 17.5 Å². The van der Waals surface area contributed by atoms with E-state index in [9.17, 15) is 19.5 Å². The molecule has 8 heteroatoms. The van der Waals surface area contributed by atoms with Gasteiger partial charge in [0.2, 0.25) is 11.8 Å². The number of carboxylic acid groups (broad SMARTS) is 1. The molecule has 0 saturated heterocycles. The van der Waals surface area contributed by atoms with Crippen LogP contribution in [-0.4, -0.2) is 39.7 Å². The number of thiophene rings is 1. The molecule has 1 aliphatic rings. The summed E-state index contributed by atoms with van der Waals surface area (Å²) in [5.41, 5.74) is -1.05. The van der Waals surface area contributed by atoms with Crippen LogP contribution in [0.5, 0.6) is 0 Å². The second-order valence-electron chi connectivity index (χ2n) is 7.12. The molecule has 0 aliphatic heterocycles. The number of thiol groups is 1. The topological polar surface area (TPSA) is 95.5 Å². The lowest BCUT2D eigenvalue weighted by molar-refractivity contribution is -0.143. The molecule has 3 N–H and O–H groups in total. The van der Waals surface area contributed by atoms with Crippen molar-refractivity contribution < 1.29 is 19.5 Å².